The first-order chi connectivity index (χ1) is 9.60. The van der Waals surface area contributed by atoms with Crippen molar-refractivity contribution in [2.24, 2.45) is 0 Å². The summed E-state index contributed by atoms with van der Waals surface area (Å²) in [6.07, 6.45) is 0. The lowest BCUT2D eigenvalue weighted by atomic mass is 10.2. The van der Waals surface area contributed by atoms with E-state index in [9.17, 15) is 4.39 Å². The molecule has 0 atom stereocenters. The minimum atomic E-state index is -0.225. The van der Waals surface area contributed by atoms with E-state index >= 15 is 0 Å². The fourth-order valence-electron chi connectivity index (χ4n) is 2.33. The first-order valence-electron chi connectivity index (χ1n) is 6.40. The average Bonchev–Trinajstić information content (AvgIpc) is 2.79. The molecule has 0 unspecified atom stereocenters. The zero-order valence-corrected chi connectivity index (χ0v) is 12.1. The van der Waals surface area contributed by atoms with Gasteiger partial charge in [-0.05, 0) is 49.2 Å². The lowest BCUT2D eigenvalue weighted by Crippen LogP contribution is -2.00. The van der Waals surface area contributed by atoms with Crippen LogP contribution in [0.2, 0.25) is 0 Å². The van der Waals surface area contributed by atoms with Gasteiger partial charge >= 0.3 is 0 Å². The van der Waals surface area contributed by atoms with Crippen molar-refractivity contribution in [1.29, 1.82) is 0 Å². The van der Waals surface area contributed by atoms with Crippen LogP contribution in [-0.4, -0.2) is 9.55 Å². The van der Waals surface area contributed by atoms with Gasteiger partial charge in [-0.1, -0.05) is 12.1 Å². The second kappa shape index (κ2) is 4.91. The number of hydrogen-bond acceptors (Lipinski definition) is 1. The molecule has 2 nitrogen and oxygen atoms in total. The minimum Gasteiger partial charge on any atom is -0.295 e. The summed E-state index contributed by atoms with van der Waals surface area (Å²) in [6, 6.07) is 11.2. The third-order valence-electron chi connectivity index (χ3n) is 3.41. The van der Waals surface area contributed by atoms with Crippen LogP contribution in [0.5, 0.6) is 0 Å². The lowest BCUT2D eigenvalue weighted by Gasteiger charge is -2.09. The molecule has 1 aromatic heterocycles. The lowest BCUT2D eigenvalue weighted by molar-refractivity contribution is 0.617. The van der Waals surface area contributed by atoms with Gasteiger partial charge < -0.3 is 0 Å². The van der Waals surface area contributed by atoms with E-state index in [0.29, 0.717) is 5.56 Å². The molecular formula is C16H14ClFN2. The number of alkyl halides is 1. The molecule has 0 aliphatic heterocycles. The maximum Gasteiger partial charge on any atom is 0.129 e. The summed E-state index contributed by atoms with van der Waals surface area (Å²) in [7, 11) is 0. The molecule has 0 spiro atoms. The summed E-state index contributed by atoms with van der Waals surface area (Å²) in [5.41, 5.74) is 4.32. The molecule has 0 fully saturated rings. The number of halogens is 2. The second-order valence-electron chi connectivity index (χ2n) is 4.92. The molecule has 0 radical (unpaired) electrons. The highest BCUT2D eigenvalue weighted by Gasteiger charge is 2.12. The van der Waals surface area contributed by atoms with Crippen molar-refractivity contribution >= 4 is 22.6 Å². The Morgan fingerprint density at radius 2 is 1.95 bits per heavy atom. The van der Waals surface area contributed by atoms with Gasteiger partial charge in [-0.3, -0.25) is 4.57 Å². The number of imidazole rings is 1. The van der Waals surface area contributed by atoms with Crippen LogP contribution in [-0.2, 0) is 5.88 Å². The highest BCUT2D eigenvalue weighted by molar-refractivity contribution is 6.17. The van der Waals surface area contributed by atoms with Crippen LogP contribution in [0.1, 0.15) is 17.0 Å². The highest BCUT2D eigenvalue weighted by Crippen LogP contribution is 2.24. The van der Waals surface area contributed by atoms with Crippen LogP contribution in [0.15, 0.2) is 36.4 Å². The molecule has 2 aromatic carbocycles. The van der Waals surface area contributed by atoms with Gasteiger partial charge in [0, 0.05) is 0 Å². The number of aromatic nitrogens is 2. The summed E-state index contributed by atoms with van der Waals surface area (Å²) in [4.78, 5) is 4.51. The molecule has 0 saturated carbocycles. The van der Waals surface area contributed by atoms with Crippen molar-refractivity contribution in [3.05, 3.63) is 59.2 Å². The van der Waals surface area contributed by atoms with Crippen LogP contribution in [0, 0.1) is 19.7 Å². The number of benzene rings is 2. The largest absolute Gasteiger partial charge is 0.295 e. The van der Waals surface area contributed by atoms with Gasteiger partial charge in [0.25, 0.3) is 0 Å². The standard InChI is InChI=1S/C16H14ClFN2/c1-10-3-6-14-15(7-10)20(16(9-17)19-14)12-5-4-11(2)13(18)8-12/h3-8H,9H2,1-2H3. The fourth-order valence-corrected chi connectivity index (χ4v) is 2.51. The Kier molecular flexibility index (Phi) is 3.22. The van der Waals surface area contributed by atoms with Crippen molar-refractivity contribution in [3.8, 4) is 5.69 Å². The van der Waals surface area contributed by atoms with E-state index in [4.69, 9.17) is 11.6 Å². The molecule has 1 heterocycles. The van der Waals surface area contributed by atoms with Gasteiger partial charge in [0.15, 0.2) is 0 Å². The van der Waals surface area contributed by atoms with E-state index in [1.54, 1.807) is 13.0 Å². The van der Waals surface area contributed by atoms with Crippen molar-refractivity contribution < 1.29 is 4.39 Å². The Morgan fingerprint density at radius 3 is 2.65 bits per heavy atom. The number of fused-ring (bicyclic) bond motifs is 1. The predicted octanol–water partition coefficient (Wildman–Crippen LogP) is 4.52. The number of aryl methyl sites for hydroxylation is 2. The molecule has 0 saturated heterocycles. The zero-order valence-electron chi connectivity index (χ0n) is 11.3. The monoisotopic (exact) mass is 288 g/mol. The molecule has 4 heteroatoms. The van der Waals surface area contributed by atoms with Crippen LogP contribution in [0.3, 0.4) is 0 Å². The van der Waals surface area contributed by atoms with Gasteiger partial charge in [0.05, 0.1) is 22.6 Å². The molecule has 0 amide bonds. The molecule has 20 heavy (non-hydrogen) atoms. The van der Waals surface area contributed by atoms with Crippen molar-refractivity contribution in [1.82, 2.24) is 9.55 Å². The van der Waals surface area contributed by atoms with Crippen molar-refractivity contribution in [3.63, 3.8) is 0 Å². The molecule has 0 aliphatic rings. The second-order valence-corrected chi connectivity index (χ2v) is 5.19. The molecule has 3 aromatic rings. The normalized spacial score (nSPS) is 11.2. The summed E-state index contributed by atoms with van der Waals surface area (Å²) in [5, 5.41) is 0. The quantitative estimate of drug-likeness (QED) is 0.634. The summed E-state index contributed by atoms with van der Waals surface area (Å²) in [5.74, 6) is 0.775. The van der Waals surface area contributed by atoms with Gasteiger partial charge in [-0.15, -0.1) is 11.6 Å². The van der Waals surface area contributed by atoms with Crippen LogP contribution < -0.4 is 0 Å². The molecular weight excluding hydrogens is 275 g/mol. The Bertz CT molecular complexity index is 793. The summed E-state index contributed by atoms with van der Waals surface area (Å²) < 4.78 is 15.7. The third kappa shape index (κ3) is 2.08. The molecule has 102 valence electrons. The highest BCUT2D eigenvalue weighted by atomic mass is 35.5. The van der Waals surface area contributed by atoms with E-state index < -0.39 is 0 Å². The maximum absolute atomic E-state index is 13.8. The third-order valence-corrected chi connectivity index (χ3v) is 3.65. The number of hydrogen-bond donors (Lipinski definition) is 0. The Labute approximate surface area is 121 Å². The topological polar surface area (TPSA) is 17.8 Å². The van der Waals surface area contributed by atoms with E-state index in [-0.39, 0.29) is 11.7 Å². The summed E-state index contributed by atoms with van der Waals surface area (Å²) >= 11 is 5.99. The van der Waals surface area contributed by atoms with Gasteiger partial charge in [-0.2, -0.15) is 0 Å². The predicted molar refractivity (Wildman–Crippen MR) is 80.1 cm³/mol. The van der Waals surface area contributed by atoms with E-state index in [2.05, 4.69) is 4.98 Å². The number of nitrogens with zero attached hydrogens (tertiary/aromatic N) is 2. The molecule has 3 rings (SSSR count). The maximum atomic E-state index is 13.8. The van der Waals surface area contributed by atoms with E-state index in [0.717, 1.165) is 28.1 Å². The van der Waals surface area contributed by atoms with Crippen LogP contribution >= 0.6 is 11.6 Å². The Balaban J connectivity index is 2.32. The SMILES string of the molecule is Cc1ccc2nc(CCl)n(-c3ccc(C)c(F)c3)c2c1. The van der Waals surface area contributed by atoms with Gasteiger partial charge in [-0.25, -0.2) is 9.37 Å². The fraction of sp³-hybridized carbons (Fsp3) is 0.188. The Morgan fingerprint density at radius 1 is 1.15 bits per heavy atom. The smallest absolute Gasteiger partial charge is 0.129 e. The first-order valence-corrected chi connectivity index (χ1v) is 6.94. The number of rotatable bonds is 2. The van der Waals surface area contributed by atoms with Gasteiger partial charge in [0.2, 0.25) is 0 Å². The first kappa shape index (κ1) is 13.1. The molecule has 0 N–H and O–H groups in total. The average molecular weight is 289 g/mol. The zero-order chi connectivity index (χ0) is 14.3. The van der Waals surface area contributed by atoms with Crippen molar-refractivity contribution in [2.75, 3.05) is 0 Å². The van der Waals surface area contributed by atoms with E-state index in [1.165, 1.54) is 6.07 Å². The van der Waals surface area contributed by atoms with Gasteiger partial charge in [0.1, 0.15) is 11.6 Å². The Hall–Kier alpha value is -1.87. The van der Waals surface area contributed by atoms with E-state index in [1.807, 2.05) is 35.8 Å². The summed E-state index contributed by atoms with van der Waals surface area (Å²) in [6.45, 7) is 3.77. The van der Waals surface area contributed by atoms with Crippen LogP contribution in [0.4, 0.5) is 4.39 Å². The van der Waals surface area contributed by atoms with Crippen LogP contribution in [0.25, 0.3) is 16.7 Å². The minimum absolute atomic E-state index is 0.225. The van der Waals surface area contributed by atoms with Crippen molar-refractivity contribution in [2.45, 2.75) is 19.7 Å². The molecule has 0 bridgehead atoms. The molecule has 0 aliphatic carbocycles.